The van der Waals surface area contributed by atoms with Crippen molar-refractivity contribution in [3.8, 4) is 6.07 Å². The van der Waals surface area contributed by atoms with Gasteiger partial charge in [-0.2, -0.15) is 9.57 Å². The Kier molecular flexibility index (Phi) is 4.69. The Labute approximate surface area is 125 Å². The van der Waals surface area contributed by atoms with Crippen molar-refractivity contribution >= 4 is 21.6 Å². The van der Waals surface area contributed by atoms with E-state index in [1.807, 2.05) is 6.07 Å². The van der Waals surface area contributed by atoms with Crippen molar-refractivity contribution in [3.05, 3.63) is 28.8 Å². The highest BCUT2D eigenvalue weighted by Gasteiger charge is 2.28. The largest absolute Gasteiger partial charge is 0.244 e. The lowest BCUT2D eigenvalue weighted by Crippen LogP contribution is -2.32. The Bertz CT molecular complexity index is 637. The van der Waals surface area contributed by atoms with Crippen molar-refractivity contribution in [1.29, 1.82) is 5.26 Å². The van der Waals surface area contributed by atoms with Gasteiger partial charge in [0, 0.05) is 13.1 Å². The molecule has 1 unspecified atom stereocenters. The van der Waals surface area contributed by atoms with Crippen molar-refractivity contribution in [2.24, 2.45) is 5.92 Å². The molecule has 1 aromatic carbocycles. The van der Waals surface area contributed by atoms with Gasteiger partial charge in [-0.05, 0) is 43.4 Å². The van der Waals surface area contributed by atoms with Crippen LogP contribution in [0.3, 0.4) is 0 Å². The van der Waals surface area contributed by atoms with Crippen molar-refractivity contribution < 1.29 is 8.42 Å². The normalized spacial score (nSPS) is 21.1. The second-order valence-electron chi connectivity index (χ2n) is 5.20. The van der Waals surface area contributed by atoms with Gasteiger partial charge in [-0.15, -0.1) is 0 Å². The summed E-state index contributed by atoms with van der Waals surface area (Å²) in [4.78, 5) is 0.0905. The zero-order chi connectivity index (χ0) is 14.8. The van der Waals surface area contributed by atoms with Crippen LogP contribution < -0.4 is 0 Å². The number of hydrogen-bond acceptors (Lipinski definition) is 3. The summed E-state index contributed by atoms with van der Waals surface area (Å²) in [6.07, 6.45) is 2.79. The topological polar surface area (TPSA) is 61.2 Å². The Hall–Kier alpha value is -1.09. The van der Waals surface area contributed by atoms with Crippen LogP contribution in [-0.4, -0.2) is 25.8 Å². The summed E-state index contributed by atoms with van der Waals surface area (Å²) in [5, 5.41) is 8.91. The smallest absolute Gasteiger partial charge is 0.207 e. The van der Waals surface area contributed by atoms with Crippen LogP contribution in [-0.2, 0) is 10.0 Å². The van der Waals surface area contributed by atoms with Gasteiger partial charge >= 0.3 is 0 Å². The lowest BCUT2D eigenvalue weighted by atomic mass is 10.0. The summed E-state index contributed by atoms with van der Waals surface area (Å²) in [6.45, 7) is 3.20. The number of sulfonamides is 1. The first-order chi connectivity index (χ1) is 9.45. The highest BCUT2D eigenvalue weighted by Crippen LogP contribution is 2.28. The zero-order valence-corrected chi connectivity index (χ0v) is 12.9. The van der Waals surface area contributed by atoms with E-state index >= 15 is 0 Å². The summed E-state index contributed by atoms with van der Waals surface area (Å²) in [7, 11) is -3.57. The average molecular weight is 313 g/mol. The fraction of sp³-hybridized carbons (Fsp3) is 0.500. The molecule has 20 heavy (non-hydrogen) atoms. The first-order valence-corrected chi connectivity index (χ1v) is 8.46. The fourth-order valence-corrected chi connectivity index (χ4v) is 4.41. The summed E-state index contributed by atoms with van der Waals surface area (Å²) in [6, 6.07) is 6.25. The van der Waals surface area contributed by atoms with E-state index in [1.54, 1.807) is 0 Å². The molecule has 0 bridgehead atoms. The van der Waals surface area contributed by atoms with E-state index in [0.29, 0.717) is 24.6 Å². The molecule has 1 fully saturated rings. The van der Waals surface area contributed by atoms with Crippen LogP contribution in [0.1, 0.15) is 31.7 Å². The van der Waals surface area contributed by atoms with E-state index < -0.39 is 10.0 Å². The third-order valence-electron chi connectivity index (χ3n) is 3.65. The third kappa shape index (κ3) is 3.14. The molecule has 1 aliphatic heterocycles. The summed E-state index contributed by atoms with van der Waals surface area (Å²) >= 11 is 6.02. The van der Waals surface area contributed by atoms with E-state index in [4.69, 9.17) is 16.9 Å². The van der Waals surface area contributed by atoms with Crippen LogP contribution in [0.5, 0.6) is 0 Å². The second kappa shape index (κ2) is 6.13. The Morgan fingerprint density at radius 3 is 2.75 bits per heavy atom. The van der Waals surface area contributed by atoms with Gasteiger partial charge in [0.05, 0.1) is 16.7 Å². The molecule has 0 amide bonds. The highest BCUT2D eigenvalue weighted by atomic mass is 35.5. The van der Waals surface area contributed by atoms with Gasteiger partial charge in [-0.25, -0.2) is 8.42 Å². The van der Waals surface area contributed by atoms with Gasteiger partial charge in [0.1, 0.15) is 4.90 Å². The summed E-state index contributed by atoms with van der Waals surface area (Å²) in [5.74, 6) is 0.548. The molecule has 108 valence electrons. The number of hydrogen-bond donors (Lipinski definition) is 0. The van der Waals surface area contributed by atoms with Crippen LogP contribution in [0.15, 0.2) is 23.1 Å². The van der Waals surface area contributed by atoms with Gasteiger partial charge in [0.15, 0.2) is 0 Å². The van der Waals surface area contributed by atoms with Crippen molar-refractivity contribution in [2.45, 2.75) is 31.1 Å². The monoisotopic (exact) mass is 312 g/mol. The highest BCUT2D eigenvalue weighted by molar-refractivity contribution is 7.89. The van der Waals surface area contributed by atoms with Crippen LogP contribution in [0.4, 0.5) is 0 Å². The first kappa shape index (κ1) is 15.3. The molecule has 1 atom stereocenters. The Morgan fingerprint density at radius 2 is 2.10 bits per heavy atom. The number of benzene rings is 1. The minimum absolute atomic E-state index is 0.0905. The maximum absolute atomic E-state index is 12.6. The molecule has 1 aliphatic rings. The molecule has 1 saturated heterocycles. The molecule has 4 nitrogen and oxygen atoms in total. The van der Waals surface area contributed by atoms with E-state index in [-0.39, 0.29) is 9.92 Å². The maximum atomic E-state index is 12.6. The van der Waals surface area contributed by atoms with E-state index in [2.05, 4.69) is 6.92 Å². The quantitative estimate of drug-likeness (QED) is 0.843. The molecule has 2 rings (SSSR count). The number of nitriles is 1. The molecule has 0 spiro atoms. The molecule has 0 radical (unpaired) electrons. The minimum atomic E-state index is -3.57. The number of halogens is 1. The van der Waals surface area contributed by atoms with Gasteiger partial charge in [-0.1, -0.05) is 18.5 Å². The minimum Gasteiger partial charge on any atom is -0.207 e. The van der Waals surface area contributed by atoms with Crippen LogP contribution in [0.25, 0.3) is 0 Å². The van der Waals surface area contributed by atoms with Crippen molar-refractivity contribution in [1.82, 2.24) is 4.31 Å². The van der Waals surface area contributed by atoms with Gasteiger partial charge in [0.2, 0.25) is 10.0 Å². The molecule has 0 aliphatic carbocycles. The average Bonchev–Trinajstić information content (AvgIpc) is 2.63. The lowest BCUT2D eigenvalue weighted by Gasteiger charge is -2.20. The predicted molar refractivity (Wildman–Crippen MR) is 77.9 cm³/mol. The van der Waals surface area contributed by atoms with Crippen LogP contribution in [0.2, 0.25) is 5.02 Å². The molecular formula is C14H17ClN2O2S. The molecule has 1 heterocycles. The van der Waals surface area contributed by atoms with Gasteiger partial charge in [0.25, 0.3) is 0 Å². The van der Waals surface area contributed by atoms with E-state index in [0.717, 1.165) is 19.3 Å². The van der Waals surface area contributed by atoms with Gasteiger partial charge < -0.3 is 0 Å². The Morgan fingerprint density at radius 1 is 1.35 bits per heavy atom. The van der Waals surface area contributed by atoms with Crippen LogP contribution in [0, 0.1) is 17.2 Å². The van der Waals surface area contributed by atoms with Gasteiger partial charge in [-0.3, -0.25) is 0 Å². The molecule has 6 heteroatoms. The standard InChI is InChI=1S/C14H17ClN2O2S/c1-11-3-2-7-17(8-6-11)20(18,19)14-5-4-12(10-16)9-13(14)15/h4-5,9,11H,2-3,6-8H2,1H3. The Balaban J connectivity index is 2.33. The molecule has 1 aromatic rings. The van der Waals surface area contributed by atoms with Crippen LogP contribution >= 0.6 is 11.6 Å². The SMILES string of the molecule is CC1CCCN(S(=O)(=O)c2ccc(C#N)cc2Cl)CC1. The van der Waals surface area contributed by atoms with E-state index in [9.17, 15) is 8.42 Å². The number of nitrogens with zero attached hydrogens (tertiary/aromatic N) is 2. The van der Waals surface area contributed by atoms with Crippen molar-refractivity contribution in [2.75, 3.05) is 13.1 Å². The predicted octanol–water partition coefficient (Wildman–Crippen LogP) is 3.02. The summed E-state index contributed by atoms with van der Waals surface area (Å²) in [5.41, 5.74) is 0.360. The summed E-state index contributed by atoms with van der Waals surface area (Å²) < 4.78 is 26.8. The lowest BCUT2D eigenvalue weighted by molar-refractivity contribution is 0.417. The third-order valence-corrected chi connectivity index (χ3v) is 6.04. The second-order valence-corrected chi connectivity index (χ2v) is 7.51. The number of rotatable bonds is 2. The maximum Gasteiger partial charge on any atom is 0.244 e. The molecule has 0 saturated carbocycles. The van der Waals surface area contributed by atoms with Crippen molar-refractivity contribution in [3.63, 3.8) is 0 Å². The zero-order valence-electron chi connectivity index (χ0n) is 11.3. The molecule has 0 aromatic heterocycles. The first-order valence-electron chi connectivity index (χ1n) is 6.65. The molecule has 0 N–H and O–H groups in total. The molecular weight excluding hydrogens is 296 g/mol. The van der Waals surface area contributed by atoms with E-state index in [1.165, 1.54) is 22.5 Å². The fourth-order valence-electron chi connectivity index (χ4n) is 2.40.